The Morgan fingerprint density at radius 2 is 1.67 bits per heavy atom. The molecule has 24 heavy (non-hydrogen) atoms. The molecule has 4 rings (SSSR count). The molecule has 2 heterocycles. The van der Waals surface area contributed by atoms with Gasteiger partial charge in [-0.3, -0.25) is 4.90 Å². The first-order chi connectivity index (χ1) is 11.9. The Kier molecular flexibility index (Phi) is 7.86. The largest absolute Gasteiger partial charge is 0.454 e. The molecule has 1 aromatic rings. The van der Waals surface area contributed by atoms with Crippen molar-refractivity contribution in [1.29, 1.82) is 0 Å². The average Bonchev–Trinajstić information content (AvgIpc) is 3.40. The Hall–Kier alpha value is -1.26. The van der Waals surface area contributed by atoms with Crippen molar-refractivity contribution < 1.29 is 14.2 Å². The molecule has 1 aromatic carbocycles. The molecule has 136 valence electrons. The van der Waals surface area contributed by atoms with Crippen LogP contribution in [-0.2, 0) is 11.2 Å². The van der Waals surface area contributed by atoms with E-state index >= 15 is 0 Å². The van der Waals surface area contributed by atoms with E-state index in [1.165, 1.54) is 18.4 Å². The highest BCUT2D eigenvalue weighted by Gasteiger charge is 2.35. The van der Waals surface area contributed by atoms with Gasteiger partial charge in [0, 0.05) is 19.1 Å². The van der Waals surface area contributed by atoms with Crippen molar-refractivity contribution in [2.75, 3.05) is 33.1 Å². The van der Waals surface area contributed by atoms with E-state index in [-0.39, 0.29) is 0 Å². The smallest absolute Gasteiger partial charge is 0.231 e. The Balaban J connectivity index is 0.000000487. The van der Waals surface area contributed by atoms with E-state index in [1.807, 2.05) is 33.8 Å². The van der Waals surface area contributed by atoms with Gasteiger partial charge in [-0.05, 0) is 42.9 Å². The van der Waals surface area contributed by atoms with Gasteiger partial charge in [0.05, 0.1) is 13.2 Å². The summed E-state index contributed by atoms with van der Waals surface area (Å²) in [4.78, 5) is 2.62. The van der Waals surface area contributed by atoms with E-state index in [0.29, 0.717) is 12.8 Å². The maximum absolute atomic E-state index is 5.49. The molecule has 1 unspecified atom stereocenters. The average molecular weight is 335 g/mol. The van der Waals surface area contributed by atoms with Crippen molar-refractivity contribution >= 4 is 0 Å². The van der Waals surface area contributed by atoms with Gasteiger partial charge in [0.25, 0.3) is 0 Å². The van der Waals surface area contributed by atoms with Crippen molar-refractivity contribution in [2.24, 2.45) is 5.92 Å². The van der Waals surface area contributed by atoms with E-state index in [0.717, 1.165) is 50.1 Å². The van der Waals surface area contributed by atoms with Crippen LogP contribution in [0.4, 0.5) is 0 Å². The number of fused-ring (bicyclic) bond motifs is 1. The van der Waals surface area contributed by atoms with E-state index in [2.05, 4.69) is 17.0 Å². The molecule has 2 aliphatic heterocycles. The molecule has 0 spiro atoms. The molecule has 2 fully saturated rings. The number of hydrogen-bond acceptors (Lipinski definition) is 4. The molecular weight excluding hydrogens is 302 g/mol. The van der Waals surface area contributed by atoms with Crippen molar-refractivity contribution in [2.45, 2.75) is 53.0 Å². The fourth-order valence-electron chi connectivity index (χ4n) is 3.29. The molecule has 3 aliphatic rings. The van der Waals surface area contributed by atoms with Crippen molar-refractivity contribution in [3.63, 3.8) is 0 Å². The third kappa shape index (κ3) is 4.87. The zero-order valence-corrected chi connectivity index (χ0v) is 15.7. The molecule has 1 saturated carbocycles. The standard InChI is InChI=1S/C16H21NO3.2C2H6/c1-4-15-16(20-11-19-15)10-12(1)9-14(13-2-3-13)17-5-7-18-8-6-17;2*1-2/h1,4,10,13-14H,2-3,5-9,11H2;2*1-2H3. The predicted octanol–water partition coefficient (Wildman–Crippen LogP) is 4.12. The lowest BCUT2D eigenvalue weighted by Gasteiger charge is -2.35. The topological polar surface area (TPSA) is 30.9 Å². The highest BCUT2D eigenvalue weighted by molar-refractivity contribution is 5.44. The Labute approximate surface area is 147 Å². The van der Waals surface area contributed by atoms with Crippen LogP contribution in [0, 0.1) is 5.92 Å². The summed E-state index contributed by atoms with van der Waals surface area (Å²) < 4.78 is 16.4. The predicted molar refractivity (Wildman–Crippen MR) is 97.9 cm³/mol. The lowest BCUT2D eigenvalue weighted by molar-refractivity contribution is 0.0118. The normalized spacial score (nSPS) is 20.3. The summed E-state index contributed by atoms with van der Waals surface area (Å²) in [5.74, 6) is 2.65. The summed E-state index contributed by atoms with van der Waals surface area (Å²) in [5.41, 5.74) is 1.36. The Bertz CT molecular complexity index is 482. The molecule has 0 amide bonds. The summed E-state index contributed by atoms with van der Waals surface area (Å²) in [5, 5.41) is 0. The maximum Gasteiger partial charge on any atom is 0.231 e. The van der Waals surface area contributed by atoms with Gasteiger partial charge in [-0.1, -0.05) is 33.8 Å². The van der Waals surface area contributed by atoms with Crippen LogP contribution in [-0.4, -0.2) is 44.0 Å². The first-order valence-corrected chi connectivity index (χ1v) is 9.60. The quantitative estimate of drug-likeness (QED) is 0.828. The van der Waals surface area contributed by atoms with Crippen LogP contribution in [0.25, 0.3) is 0 Å². The highest BCUT2D eigenvalue weighted by atomic mass is 16.7. The number of hydrogen-bond donors (Lipinski definition) is 0. The first kappa shape index (κ1) is 19.1. The van der Waals surface area contributed by atoms with E-state index in [4.69, 9.17) is 14.2 Å². The van der Waals surface area contributed by atoms with Crippen LogP contribution in [0.5, 0.6) is 11.5 Å². The fraction of sp³-hybridized carbons (Fsp3) is 0.700. The zero-order valence-electron chi connectivity index (χ0n) is 15.7. The minimum atomic E-state index is 0.355. The summed E-state index contributed by atoms with van der Waals surface area (Å²) in [6.07, 6.45) is 3.88. The van der Waals surface area contributed by atoms with E-state index in [9.17, 15) is 0 Å². The third-order valence-corrected chi connectivity index (χ3v) is 4.56. The molecular formula is C20H33NO3. The second kappa shape index (κ2) is 9.90. The molecule has 0 bridgehead atoms. The molecule has 0 aromatic heterocycles. The van der Waals surface area contributed by atoms with Crippen LogP contribution in [0.1, 0.15) is 46.1 Å². The van der Waals surface area contributed by atoms with Crippen molar-refractivity contribution in [3.05, 3.63) is 23.8 Å². The summed E-state index contributed by atoms with van der Waals surface area (Å²) >= 11 is 0. The SMILES string of the molecule is CC.CC.c1cc2c(cc1CC(C1CC1)N1CCOCC1)OCO2. The van der Waals surface area contributed by atoms with Crippen LogP contribution in [0.3, 0.4) is 0 Å². The lowest BCUT2D eigenvalue weighted by atomic mass is 9.99. The summed E-state index contributed by atoms with van der Waals surface area (Å²) in [6.45, 7) is 12.3. The number of nitrogens with zero attached hydrogens (tertiary/aromatic N) is 1. The molecule has 4 nitrogen and oxygen atoms in total. The first-order valence-electron chi connectivity index (χ1n) is 9.60. The maximum atomic E-state index is 5.49. The van der Waals surface area contributed by atoms with Gasteiger partial charge in [0.2, 0.25) is 6.79 Å². The molecule has 1 saturated heterocycles. The fourth-order valence-corrected chi connectivity index (χ4v) is 3.29. The molecule has 1 atom stereocenters. The molecule has 0 N–H and O–H groups in total. The molecule has 4 heteroatoms. The van der Waals surface area contributed by atoms with Gasteiger partial charge >= 0.3 is 0 Å². The minimum absolute atomic E-state index is 0.355. The molecule has 0 radical (unpaired) electrons. The second-order valence-electron chi connectivity index (χ2n) is 5.94. The van der Waals surface area contributed by atoms with Gasteiger partial charge in [0.15, 0.2) is 11.5 Å². The Morgan fingerprint density at radius 1 is 1.00 bits per heavy atom. The van der Waals surface area contributed by atoms with Gasteiger partial charge in [-0.2, -0.15) is 0 Å². The zero-order chi connectivity index (χ0) is 17.4. The lowest BCUT2D eigenvalue weighted by Crippen LogP contribution is -2.45. The van der Waals surface area contributed by atoms with Crippen LogP contribution in [0.2, 0.25) is 0 Å². The number of rotatable bonds is 4. The third-order valence-electron chi connectivity index (χ3n) is 4.56. The number of benzene rings is 1. The summed E-state index contributed by atoms with van der Waals surface area (Å²) in [7, 11) is 0. The van der Waals surface area contributed by atoms with Gasteiger partial charge in [-0.15, -0.1) is 0 Å². The molecule has 1 aliphatic carbocycles. The highest BCUT2D eigenvalue weighted by Crippen LogP contribution is 2.39. The van der Waals surface area contributed by atoms with Crippen molar-refractivity contribution in [3.8, 4) is 11.5 Å². The number of ether oxygens (including phenoxy) is 3. The monoisotopic (exact) mass is 335 g/mol. The van der Waals surface area contributed by atoms with Crippen LogP contribution < -0.4 is 9.47 Å². The van der Waals surface area contributed by atoms with Gasteiger partial charge in [0.1, 0.15) is 0 Å². The van der Waals surface area contributed by atoms with Crippen LogP contribution in [0.15, 0.2) is 18.2 Å². The van der Waals surface area contributed by atoms with E-state index in [1.54, 1.807) is 0 Å². The second-order valence-corrected chi connectivity index (χ2v) is 5.94. The number of morpholine rings is 1. The van der Waals surface area contributed by atoms with Gasteiger partial charge in [-0.25, -0.2) is 0 Å². The van der Waals surface area contributed by atoms with E-state index < -0.39 is 0 Å². The van der Waals surface area contributed by atoms with Gasteiger partial charge < -0.3 is 14.2 Å². The Morgan fingerprint density at radius 3 is 2.33 bits per heavy atom. The summed E-state index contributed by atoms with van der Waals surface area (Å²) in [6, 6.07) is 7.04. The minimum Gasteiger partial charge on any atom is -0.454 e. The van der Waals surface area contributed by atoms with Crippen molar-refractivity contribution in [1.82, 2.24) is 4.90 Å². The van der Waals surface area contributed by atoms with Crippen LogP contribution >= 0.6 is 0 Å².